The number of para-hydroxylation sites is 2. The first-order chi connectivity index (χ1) is 18.2. The van der Waals surface area contributed by atoms with Crippen LogP contribution in [0.3, 0.4) is 0 Å². The quantitative estimate of drug-likeness (QED) is 0.366. The first-order valence-electron chi connectivity index (χ1n) is 12.9. The Hall–Kier alpha value is -3.93. The number of fused-ring (bicyclic) bond motifs is 1. The lowest BCUT2D eigenvalue weighted by molar-refractivity contribution is -0.0592. The maximum Gasteiger partial charge on any atom is 0.130 e. The van der Waals surface area contributed by atoms with E-state index in [0.29, 0.717) is 18.3 Å². The number of rotatable bonds is 8. The van der Waals surface area contributed by atoms with Crippen molar-refractivity contribution >= 4 is 16.7 Å². The molecule has 0 radical (unpaired) electrons. The van der Waals surface area contributed by atoms with Crippen LogP contribution in [0.2, 0.25) is 0 Å². The van der Waals surface area contributed by atoms with Gasteiger partial charge in [0.25, 0.3) is 0 Å². The molecule has 1 atom stereocenters. The van der Waals surface area contributed by atoms with E-state index in [1.165, 1.54) is 11.2 Å². The van der Waals surface area contributed by atoms with Gasteiger partial charge >= 0.3 is 0 Å². The summed E-state index contributed by atoms with van der Waals surface area (Å²) in [5.74, 6) is 1.94. The summed E-state index contributed by atoms with van der Waals surface area (Å²) in [7, 11) is 0. The van der Waals surface area contributed by atoms with Crippen LogP contribution in [0.1, 0.15) is 23.5 Å². The molecule has 8 heteroatoms. The van der Waals surface area contributed by atoms with Crippen molar-refractivity contribution in [1.82, 2.24) is 19.4 Å². The minimum Gasteiger partial charge on any atom is -0.487 e. The Morgan fingerprint density at radius 1 is 1.03 bits per heavy atom. The van der Waals surface area contributed by atoms with E-state index in [2.05, 4.69) is 61.8 Å². The van der Waals surface area contributed by atoms with Gasteiger partial charge in [-0.15, -0.1) is 0 Å². The zero-order valence-electron chi connectivity index (χ0n) is 20.8. The topological polar surface area (TPSA) is 79.4 Å². The minimum absolute atomic E-state index is 0.301. The molecule has 37 heavy (non-hydrogen) atoms. The predicted molar refractivity (Wildman–Crippen MR) is 141 cm³/mol. The van der Waals surface area contributed by atoms with Crippen molar-refractivity contribution < 1.29 is 9.47 Å². The molecule has 2 fully saturated rings. The molecule has 4 aromatic rings. The number of nitrogens with zero attached hydrogens (tertiary/aromatic N) is 6. The monoisotopic (exact) mass is 494 g/mol. The molecule has 0 amide bonds. The van der Waals surface area contributed by atoms with E-state index in [-0.39, 0.29) is 0 Å². The average molecular weight is 495 g/mol. The van der Waals surface area contributed by atoms with E-state index in [9.17, 15) is 0 Å². The molecule has 8 nitrogen and oxygen atoms in total. The van der Waals surface area contributed by atoms with Crippen LogP contribution in [0.4, 0.5) is 5.69 Å². The molecule has 0 aliphatic carbocycles. The lowest BCUT2D eigenvalue weighted by atomic mass is 10.2. The van der Waals surface area contributed by atoms with Gasteiger partial charge in [0.15, 0.2) is 0 Å². The lowest BCUT2D eigenvalue weighted by Crippen LogP contribution is -2.46. The van der Waals surface area contributed by atoms with E-state index in [1.54, 1.807) is 12.3 Å². The van der Waals surface area contributed by atoms with Gasteiger partial charge in [-0.25, -0.2) is 4.98 Å². The molecule has 6 rings (SSSR count). The minimum atomic E-state index is 0.301. The summed E-state index contributed by atoms with van der Waals surface area (Å²) in [6.45, 7) is 6.81. The lowest BCUT2D eigenvalue weighted by Gasteiger charge is -2.36. The number of pyridine rings is 1. The summed E-state index contributed by atoms with van der Waals surface area (Å²) in [6.07, 6.45) is 3.00. The van der Waals surface area contributed by atoms with Crippen LogP contribution in [0.5, 0.6) is 5.75 Å². The molecule has 2 aliphatic rings. The number of hydrogen-bond acceptors (Lipinski definition) is 7. The molecule has 4 heterocycles. The Bertz CT molecular complexity index is 1400. The van der Waals surface area contributed by atoms with Gasteiger partial charge < -0.3 is 18.9 Å². The summed E-state index contributed by atoms with van der Waals surface area (Å²) in [4.78, 5) is 14.2. The second kappa shape index (κ2) is 10.6. The van der Waals surface area contributed by atoms with Crippen LogP contribution in [-0.2, 0) is 24.4 Å². The van der Waals surface area contributed by atoms with E-state index in [0.717, 1.165) is 75.1 Å². The standard InChI is InChI=1S/C29H30N6O2/c30-17-22-8-9-23(31-18-22)21-37-25-5-3-4-24(16-25)34-13-11-33(12-14-34)20-29-32-27-6-1-2-7-28(27)35(29)19-26-10-15-36-26/h1-9,16,18,26H,10-15,19-21H2/t26-/m0/s1. The number of hydrogen-bond donors (Lipinski definition) is 0. The summed E-state index contributed by atoms with van der Waals surface area (Å²) >= 11 is 0. The Balaban J connectivity index is 1.07. The normalized spacial score (nSPS) is 17.9. The second-order valence-corrected chi connectivity index (χ2v) is 9.61. The third-order valence-corrected chi connectivity index (χ3v) is 7.17. The fourth-order valence-electron chi connectivity index (χ4n) is 4.95. The van der Waals surface area contributed by atoms with Gasteiger partial charge in [0.1, 0.15) is 24.3 Å². The van der Waals surface area contributed by atoms with Gasteiger partial charge in [0.05, 0.1) is 41.5 Å². The van der Waals surface area contributed by atoms with Crippen molar-refractivity contribution in [3.05, 3.63) is 83.9 Å². The van der Waals surface area contributed by atoms with Gasteiger partial charge in [-0.1, -0.05) is 18.2 Å². The maximum absolute atomic E-state index is 8.93. The summed E-state index contributed by atoms with van der Waals surface area (Å²) in [6, 6.07) is 22.3. The first-order valence-corrected chi connectivity index (χ1v) is 12.9. The van der Waals surface area contributed by atoms with Crippen LogP contribution in [0.25, 0.3) is 11.0 Å². The van der Waals surface area contributed by atoms with Crippen molar-refractivity contribution in [3.63, 3.8) is 0 Å². The Kier molecular flexibility index (Phi) is 6.72. The van der Waals surface area contributed by atoms with E-state index in [4.69, 9.17) is 19.7 Å². The smallest absolute Gasteiger partial charge is 0.130 e. The number of ether oxygens (including phenoxy) is 2. The SMILES string of the molecule is N#Cc1ccc(COc2cccc(N3CCN(Cc4nc5ccccc5n4C[C@@H]4CCO4)CC3)c2)nc1. The molecular weight excluding hydrogens is 464 g/mol. The molecule has 0 spiro atoms. The second-order valence-electron chi connectivity index (χ2n) is 9.61. The Morgan fingerprint density at radius 3 is 2.65 bits per heavy atom. The van der Waals surface area contributed by atoms with Crippen molar-refractivity contribution in [2.24, 2.45) is 0 Å². The maximum atomic E-state index is 8.93. The number of anilines is 1. The van der Waals surface area contributed by atoms with Crippen molar-refractivity contribution in [3.8, 4) is 11.8 Å². The number of benzene rings is 2. The Labute approximate surface area is 216 Å². The van der Waals surface area contributed by atoms with E-state index < -0.39 is 0 Å². The highest BCUT2D eigenvalue weighted by atomic mass is 16.5. The highest BCUT2D eigenvalue weighted by Gasteiger charge is 2.24. The van der Waals surface area contributed by atoms with Gasteiger partial charge in [-0.2, -0.15) is 5.26 Å². The number of piperazine rings is 1. The third-order valence-electron chi connectivity index (χ3n) is 7.17. The molecular formula is C29H30N6O2. The molecule has 0 saturated carbocycles. The molecule has 0 unspecified atom stereocenters. The summed E-state index contributed by atoms with van der Waals surface area (Å²) < 4.78 is 14.1. The van der Waals surface area contributed by atoms with Crippen LogP contribution < -0.4 is 9.64 Å². The third kappa shape index (κ3) is 5.29. The summed E-state index contributed by atoms with van der Waals surface area (Å²) in [5.41, 5.74) is 4.77. The van der Waals surface area contributed by atoms with Gasteiger partial charge in [0, 0.05) is 50.7 Å². The fraction of sp³-hybridized carbons (Fsp3) is 0.345. The first kappa shape index (κ1) is 23.5. The van der Waals surface area contributed by atoms with Gasteiger partial charge in [-0.05, 0) is 42.8 Å². The molecule has 0 bridgehead atoms. The molecule has 2 aliphatic heterocycles. The van der Waals surface area contributed by atoms with Crippen molar-refractivity contribution in [2.75, 3.05) is 37.7 Å². The van der Waals surface area contributed by atoms with Crippen LogP contribution in [0.15, 0.2) is 66.9 Å². The van der Waals surface area contributed by atoms with Crippen molar-refractivity contribution in [1.29, 1.82) is 5.26 Å². The number of aromatic nitrogens is 3. The zero-order chi connectivity index (χ0) is 25.0. The van der Waals surface area contributed by atoms with E-state index >= 15 is 0 Å². The average Bonchev–Trinajstić information content (AvgIpc) is 3.27. The molecule has 188 valence electrons. The molecule has 0 N–H and O–H groups in total. The highest BCUT2D eigenvalue weighted by Crippen LogP contribution is 2.25. The molecule has 2 saturated heterocycles. The molecule has 2 aromatic carbocycles. The summed E-state index contributed by atoms with van der Waals surface area (Å²) in [5, 5.41) is 8.93. The fourth-order valence-corrected chi connectivity index (χ4v) is 4.95. The van der Waals surface area contributed by atoms with Crippen LogP contribution in [0, 0.1) is 11.3 Å². The van der Waals surface area contributed by atoms with Gasteiger partial charge in [0.2, 0.25) is 0 Å². The van der Waals surface area contributed by atoms with E-state index in [1.807, 2.05) is 18.2 Å². The Morgan fingerprint density at radius 2 is 1.89 bits per heavy atom. The van der Waals surface area contributed by atoms with Crippen molar-refractivity contribution in [2.45, 2.75) is 32.2 Å². The molecule has 2 aromatic heterocycles. The zero-order valence-corrected chi connectivity index (χ0v) is 20.8. The van der Waals surface area contributed by atoms with Crippen LogP contribution >= 0.6 is 0 Å². The predicted octanol–water partition coefficient (Wildman–Crippen LogP) is 3.99. The highest BCUT2D eigenvalue weighted by molar-refractivity contribution is 5.75. The van der Waals surface area contributed by atoms with Crippen LogP contribution in [-0.4, -0.2) is 58.3 Å². The largest absolute Gasteiger partial charge is 0.487 e. The van der Waals surface area contributed by atoms with Gasteiger partial charge in [-0.3, -0.25) is 9.88 Å². The number of imidazole rings is 1. The number of nitriles is 1.